The Morgan fingerprint density at radius 2 is 2.18 bits per heavy atom. The highest BCUT2D eigenvalue weighted by Gasteiger charge is 2.10. The van der Waals surface area contributed by atoms with Gasteiger partial charge in [0.15, 0.2) is 5.78 Å². The van der Waals surface area contributed by atoms with Gasteiger partial charge in [0.05, 0.1) is 0 Å². The van der Waals surface area contributed by atoms with Crippen molar-refractivity contribution >= 4 is 5.78 Å². The molecule has 0 saturated carbocycles. The first kappa shape index (κ1) is 8.47. The van der Waals surface area contributed by atoms with Gasteiger partial charge in [0.2, 0.25) is 0 Å². The van der Waals surface area contributed by atoms with Crippen molar-refractivity contribution in [1.29, 1.82) is 0 Å². The van der Waals surface area contributed by atoms with E-state index in [9.17, 15) is 4.79 Å². The molecule has 0 aromatic heterocycles. The highest BCUT2D eigenvalue weighted by Crippen LogP contribution is 2.19. The summed E-state index contributed by atoms with van der Waals surface area (Å²) in [7, 11) is 0. The van der Waals surface area contributed by atoms with E-state index in [0.717, 1.165) is 25.7 Å². The Labute approximate surface area is 66.9 Å². The zero-order chi connectivity index (χ0) is 8.10. The fourth-order valence-corrected chi connectivity index (χ4v) is 1.32. The molecule has 0 spiro atoms. The van der Waals surface area contributed by atoms with Crippen molar-refractivity contribution < 1.29 is 9.90 Å². The van der Waals surface area contributed by atoms with E-state index < -0.39 is 0 Å². The lowest BCUT2D eigenvalue weighted by Crippen LogP contribution is -1.84. The van der Waals surface area contributed by atoms with Crippen LogP contribution in [-0.2, 0) is 4.79 Å². The van der Waals surface area contributed by atoms with Crippen LogP contribution in [0.5, 0.6) is 0 Å². The maximum atomic E-state index is 10.8. The van der Waals surface area contributed by atoms with Gasteiger partial charge >= 0.3 is 0 Å². The molecule has 62 valence electrons. The molecule has 0 aliphatic heterocycles. The van der Waals surface area contributed by atoms with Gasteiger partial charge in [-0.15, -0.1) is 0 Å². The number of ketones is 1. The van der Waals surface area contributed by atoms with E-state index in [1.807, 2.05) is 0 Å². The third-order valence-electron chi connectivity index (χ3n) is 1.96. The Bertz CT molecular complexity index is 170. The molecule has 1 aliphatic carbocycles. The van der Waals surface area contributed by atoms with Crippen LogP contribution in [0.3, 0.4) is 0 Å². The van der Waals surface area contributed by atoms with E-state index in [2.05, 4.69) is 0 Å². The van der Waals surface area contributed by atoms with Gasteiger partial charge in [0.25, 0.3) is 0 Å². The Hall–Kier alpha value is -0.630. The van der Waals surface area contributed by atoms with Crippen molar-refractivity contribution in [2.75, 3.05) is 6.61 Å². The molecule has 0 fully saturated rings. The van der Waals surface area contributed by atoms with Crippen LogP contribution in [0.25, 0.3) is 0 Å². The number of carbonyl (C=O) groups is 1. The highest BCUT2D eigenvalue weighted by atomic mass is 16.2. The number of unbranched alkanes of at least 4 members (excludes halogenated alkanes) is 1. The predicted molar refractivity (Wildman–Crippen MR) is 43.3 cm³/mol. The fraction of sp³-hybridized carbons (Fsp3) is 0.667. The predicted octanol–water partition coefficient (Wildman–Crippen LogP) is 1.44. The van der Waals surface area contributed by atoms with Gasteiger partial charge in [-0.3, -0.25) is 4.79 Å². The molecule has 0 heterocycles. The van der Waals surface area contributed by atoms with Gasteiger partial charge in [-0.25, -0.2) is 0 Å². The van der Waals surface area contributed by atoms with Crippen LogP contribution in [0.2, 0.25) is 0 Å². The molecule has 0 bridgehead atoms. The van der Waals surface area contributed by atoms with Crippen LogP contribution in [0.1, 0.15) is 32.1 Å². The SMILES string of the molecule is O=C1C=C(CCCCO)CC1. The van der Waals surface area contributed by atoms with Gasteiger partial charge in [0.1, 0.15) is 0 Å². The average molecular weight is 154 g/mol. The summed E-state index contributed by atoms with van der Waals surface area (Å²) >= 11 is 0. The summed E-state index contributed by atoms with van der Waals surface area (Å²) < 4.78 is 0. The van der Waals surface area contributed by atoms with E-state index in [4.69, 9.17) is 5.11 Å². The molecule has 0 aromatic carbocycles. The quantitative estimate of drug-likeness (QED) is 0.622. The Morgan fingerprint density at radius 1 is 1.36 bits per heavy atom. The number of rotatable bonds is 4. The van der Waals surface area contributed by atoms with Crippen LogP contribution >= 0.6 is 0 Å². The number of hydrogen-bond donors (Lipinski definition) is 1. The van der Waals surface area contributed by atoms with Gasteiger partial charge in [-0.2, -0.15) is 0 Å². The molecular weight excluding hydrogens is 140 g/mol. The molecule has 0 saturated heterocycles. The van der Waals surface area contributed by atoms with Crippen molar-refractivity contribution in [2.45, 2.75) is 32.1 Å². The van der Waals surface area contributed by atoms with E-state index >= 15 is 0 Å². The van der Waals surface area contributed by atoms with E-state index in [0.29, 0.717) is 6.42 Å². The van der Waals surface area contributed by atoms with Gasteiger partial charge < -0.3 is 5.11 Å². The maximum absolute atomic E-state index is 10.8. The minimum absolute atomic E-state index is 0.265. The number of hydrogen-bond acceptors (Lipinski definition) is 2. The Balaban J connectivity index is 2.17. The number of aliphatic hydroxyl groups excluding tert-OH is 1. The first-order valence-corrected chi connectivity index (χ1v) is 4.16. The summed E-state index contributed by atoms with van der Waals surface area (Å²) in [5.74, 6) is 0.268. The molecule has 11 heavy (non-hydrogen) atoms. The van der Waals surface area contributed by atoms with Crippen LogP contribution < -0.4 is 0 Å². The van der Waals surface area contributed by atoms with Crippen molar-refractivity contribution in [3.05, 3.63) is 11.6 Å². The summed E-state index contributed by atoms with van der Waals surface area (Å²) in [5, 5.41) is 8.51. The van der Waals surface area contributed by atoms with E-state index in [1.165, 1.54) is 5.57 Å². The van der Waals surface area contributed by atoms with Gasteiger partial charge in [-0.05, 0) is 31.8 Å². The third kappa shape index (κ3) is 2.85. The molecule has 1 aliphatic rings. The molecule has 1 rings (SSSR count). The number of carbonyl (C=O) groups excluding carboxylic acids is 1. The molecular formula is C9H14O2. The van der Waals surface area contributed by atoms with Crippen molar-refractivity contribution in [3.63, 3.8) is 0 Å². The summed E-state index contributed by atoms with van der Waals surface area (Å²) in [5.41, 5.74) is 1.27. The standard InChI is InChI=1S/C9H14O2/c10-6-2-1-3-8-4-5-9(11)7-8/h7,10H,1-6H2. The lowest BCUT2D eigenvalue weighted by atomic mass is 10.1. The van der Waals surface area contributed by atoms with Gasteiger partial charge in [0, 0.05) is 13.0 Å². The topological polar surface area (TPSA) is 37.3 Å². The lowest BCUT2D eigenvalue weighted by molar-refractivity contribution is -0.114. The first-order valence-electron chi connectivity index (χ1n) is 4.16. The summed E-state index contributed by atoms with van der Waals surface area (Å²) in [4.78, 5) is 10.8. The average Bonchev–Trinajstić information content (AvgIpc) is 2.37. The maximum Gasteiger partial charge on any atom is 0.155 e. The van der Waals surface area contributed by atoms with E-state index in [1.54, 1.807) is 6.08 Å². The summed E-state index contributed by atoms with van der Waals surface area (Å²) in [6, 6.07) is 0. The Morgan fingerprint density at radius 3 is 2.73 bits per heavy atom. The molecule has 0 unspecified atom stereocenters. The second kappa shape index (κ2) is 4.29. The van der Waals surface area contributed by atoms with Crippen LogP contribution in [-0.4, -0.2) is 17.5 Å². The van der Waals surface area contributed by atoms with Crippen LogP contribution in [0, 0.1) is 0 Å². The van der Waals surface area contributed by atoms with Crippen molar-refractivity contribution in [2.24, 2.45) is 0 Å². The third-order valence-corrected chi connectivity index (χ3v) is 1.96. The zero-order valence-corrected chi connectivity index (χ0v) is 6.68. The molecule has 0 amide bonds. The first-order chi connectivity index (χ1) is 5.33. The second-order valence-corrected chi connectivity index (χ2v) is 2.95. The molecule has 2 heteroatoms. The van der Waals surface area contributed by atoms with Crippen molar-refractivity contribution in [3.8, 4) is 0 Å². The Kier molecular flexibility index (Phi) is 3.30. The largest absolute Gasteiger partial charge is 0.396 e. The van der Waals surface area contributed by atoms with Crippen LogP contribution in [0.4, 0.5) is 0 Å². The van der Waals surface area contributed by atoms with Gasteiger partial charge in [-0.1, -0.05) is 5.57 Å². The highest BCUT2D eigenvalue weighted by molar-refractivity contribution is 5.92. The van der Waals surface area contributed by atoms with Crippen molar-refractivity contribution in [1.82, 2.24) is 0 Å². The van der Waals surface area contributed by atoms with E-state index in [-0.39, 0.29) is 12.4 Å². The monoisotopic (exact) mass is 154 g/mol. The zero-order valence-electron chi connectivity index (χ0n) is 6.68. The minimum atomic E-state index is 0.265. The molecule has 0 aromatic rings. The van der Waals surface area contributed by atoms with Crippen LogP contribution in [0.15, 0.2) is 11.6 Å². The lowest BCUT2D eigenvalue weighted by Gasteiger charge is -1.97. The molecule has 0 radical (unpaired) electrons. The number of allylic oxidation sites excluding steroid dienone is 2. The molecule has 2 nitrogen and oxygen atoms in total. The summed E-state index contributed by atoms with van der Waals surface area (Å²) in [6.07, 6.45) is 6.27. The fourth-order valence-electron chi connectivity index (χ4n) is 1.32. The molecule has 0 atom stereocenters. The molecule has 1 N–H and O–H groups in total. The second-order valence-electron chi connectivity index (χ2n) is 2.95. The smallest absolute Gasteiger partial charge is 0.155 e. The normalized spacial score (nSPS) is 17.2. The summed E-state index contributed by atoms with van der Waals surface area (Å²) in [6.45, 7) is 0.265. The minimum Gasteiger partial charge on any atom is -0.396 e. The number of aliphatic hydroxyl groups is 1.